The number of aromatic nitrogens is 1. The van der Waals surface area contributed by atoms with Gasteiger partial charge < -0.3 is 9.47 Å². The van der Waals surface area contributed by atoms with Crippen molar-refractivity contribution in [1.82, 2.24) is 4.98 Å². The van der Waals surface area contributed by atoms with Gasteiger partial charge in [-0.25, -0.2) is 4.98 Å². The van der Waals surface area contributed by atoms with Crippen LogP contribution in [0.3, 0.4) is 0 Å². The molecule has 1 unspecified atom stereocenters. The Hall–Kier alpha value is -1.83. The number of ether oxygens (including phenoxy) is 2. The summed E-state index contributed by atoms with van der Waals surface area (Å²) in [7, 11) is 1.71. The van der Waals surface area contributed by atoms with Crippen LogP contribution in [0.15, 0.2) is 35.8 Å². The molecule has 0 saturated carbocycles. The summed E-state index contributed by atoms with van der Waals surface area (Å²) in [5.41, 5.74) is 0.482. The Morgan fingerprint density at radius 3 is 2.90 bits per heavy atom. The van der Waals surface area contributed by atoms with E-state index in [0.717, 1.165) is 22.7 Å². The first-order valence-corrected chi connectivity index (χ1v) is 7.26. The Bertz CT molecular complexity index is 583. The van der Waals surface area contributed by atoms with Crippen LogP contribution in [-0.2, 0) is 10.3 Å². The van der Waals surface area contributed by atoms with Gasteiger partial charge in [0.25, 0.3) is 0 Å². The molecule has 0 aliphatic carbocycles. The molecule has 2 aromatic rings. The van der Waals surface area contributed by atoms with Gasteiger partial charge in [0.15, 0.2) is 0 Å². The standard InChI is InChI=1S/C16H17NO2S/c1-4-10-19-14-8-6-7-13(12-14)16(5-2,18-3)15-17-9-11-20-15/h1,6-9,11-12H,5,10H2,2-3H3. The molecule has 3 nitrogen and oxygen atoms in total. The summed E-state index contributed by atoms with van der Waals surface area (Å²) in [5, 5.41) is 2.90. The number of benzene rings is 1. The predicted molar refractivity (Wildman–Crippen MR) is 81.0 cm³/mol. The van der Waals surface area contributed by atoms with Gasteiger partial charge in [0.05, 0.1) is 0 Å². The fourth-order valence-corrected chi connectivity index (χ4v) is 3.12. The zero-order valence-corrected chi connectivity index (χ0v) is 12.4. The zero-order chi connectivity index (χ0) is 14.4. The zero-order valence-electron chi connectivity index (χ0n) is 11.6. The van der Waals surface area contributed by atoms with E-state index < -0.39 is 5.60 Å². The van der Waals surface area contributed by atoms with Crippen LogP contribution in [-0.4, -0.2) is 18.7 Å². The summed E-state index contributed by atoms with van der Waals surface area (Å²) in [6, 6.07) is 7.82. The molecule has 0 fully saturated rings. The highest BCUT2D eigenvalue weighted by atomic mass is 32.1. The summed E-state index contributed by atoms with van der Waals surface area (Å²) < 4.78 is 11.3. The van der Waals surface area contributed by atoms with Gasteiger partial charge in [-0.15, -0.1) is 17.8 Å². The lowest BCUT2D eigenvalue weighted by Crippen LogP contribution is -2.29. The van der Waals surface area contributed by atoms with Crippen molar-refractivity contribution in [1.29, 1.82) is 0 Å². The third-order valence-electron chi connectivity index (χ3n) is 3.25. The Morgan fingerprint density at radius 1 is 1.45 bits per heavy atom. The summed E-state index contributed by atoms with van der Waals surface area (Å²) in [4.78, 5) is 4.42. The van der Waals surface area contributed by atoms with Gasteiger partial charge in [-0.3, -0.25) is 0 Å². The second-order valence-electron chi connectivity index (χ2n) is 4.24. The largest absolute Gasteiger partial charge is 0.481 e. The number of hydrogen-bond donors (Lipinski definition) is 0. The summed E-state index contributed by atoms with van der Waals surface area (Å²) in [5.74, 6) is 3.21. The van der Waals surface area contributed by atoms with E-state index in [1.54, 1.807) is 24.6 Å². The molecule has 2 rings (SSSR count). The lowest BCUT2D eigenvalue weighted by molar-refractivity contribution is 0.0182. The molecule has 1 atom stereocenters. The molecule has 20 heavy (non-hydrogen) atoms. The fourth-order valence-electron chi connectivity index (χ4n) is 2.21. The lowest BCUT2D eigenvalue weighted by Gasteiger charge is -2.30. The topological polar surface area (TPSA) is 31.4 Å². The summed E-state index contributed by atoms with van der Waals surface area (Å²) >= 11 is 1.59. The van der Waals surface area contributed by atoms with Crippen LogP contribution in [0.1, 0.15) is 23.9 Å². The Labute approximate surface area is 123 Å². The van der Waals surface area contributed by atoms with Crippen molar-refractivity contribution in [2.45, 2.75) is 18.9 Å². The number of thiazole rings is 1. The van der Waals surface area contributed by atoms with E-state index in [9.17, 15) is 0 Å². The fraction of sp³-hybridized carbons (Fsp3) is 0.312. The smallest absolute Gasteiger partial charge is 0.148 e. The molecule has 0 aliphatic heterocycles. The molecule has 0 radical (unpaired) electrons. The number of hydrogen-bond acceptors (Lipinski definition) is 4. The molecular weight excluding hydrogens is 270 g/mol. The number of rotatable bonds is 6. The second-order valence-corrected chi connectivity index (χ2v) is 5.14. The van der Waals surface area contributed by atoms with Crippen molar-refractivity contribution in [2.75, 3.05) is 13.7 Å². The van der Waals surface area contributed by atoms with Gasteiger partial charge in [0.1, 0.15) is 23.0 Å². The number of methoxy groups -OCH3 is 1. The molecule has 1 aromatic heterocycles. The van der Waals surface area contributed by atoms with Crippen molar-refractivity contribution in [3.63, 3.8) is 0 Å². The Balaban J connectivity index is 2.42. The molecule has 0 N–H and O–H groups in total. The van der Waals surface area contributed by atoms with Gasteiger partial charge in [-0.2, -0.15) is 0 Å². The second kappa shape index (κ2) is 6.56. The minimum absolute atomic E-state index is 0.257. The highest BCUT2D eigenvalue weighted by Crippen LogP contribution is 2.38. The molecule has 104 valence electrons. The SMILES string of the molecule is C#CCOc1cccc(C(CC)(OC)c2nccs2)c1. The normalized spacial score (nSPS) is 13.4. The van der Waals surface area contributed by atoms with Gasteiger partial charge in [0.2, 0.25) is 0 Å². The van der Waals surface area contributed by atoms with E-state index in [2.05, 4.69) is 17.8 Å². The van der Waals surface area contributed by atoms with Gasteiger partial charge in [0, 0.05) is 18.7 Å². The molecule has 0 amide bonds. The average Bonchev–Trinajstić information content (AvgIpc) is 3.02. The summed E-state index contributed by atoms with van der Waals surface area (Å²) in [6.07, 6.45) is 7.80. The van der Waals surface area contributed by atoms with Crippen LogP contribution in [0.2, 0.25) is 0 Å². The number of terminal acetylenes is 1. The Kier molecular flexibility index (Phi) is 4.78. The summed E-state index contributed by atoms with van der Waals surface area (Å²) in [6.45, 7) is 2.34. The van der Waals surface area contributed by atoms with Crippen molar-refractivity contribution in [3.05, 3.63) is 46.4 Å². The van der Waals surface area contributed by atoms with Crippen LogP contribution in [0.5, 0.6) is 5.75 Å². The van der Waals surface area contributed by atoms with Crippen LogP contribution in [0, 0.1) is 12.3 Å². The molecule has 0 spiro atoms. The van der Waals surface area contributed by atoms with Crippen LogP contribution >= 0.6 is 11.3 Å². The van der Waals surface area contributed by atoms with Crippen LogP contribution < -0.4 is 4.74 Å². The van der Waals surface area contributed by atoms with Gasteiger partial charge in [-0.05, 0) is 24.1 Å². The van der Waals surface area contributed by atoms with E-state index in [4.69, 9.17) is 15.9 Å². The molecular formula is C16H17NO2S. The van der Waals surface area contributed by atoms with Gasteiger partial charge in [-0.1, -0.05) is 25.0 Å². The lowest BCUT2D eigenvalue weighted by atomic mass is 9.91. The predicted octanol–water partition coefficient (Wildman–Crippen LogP) is 3.46. The van der Waals surface area contributed by atoms with Crippen molar-refractivity contribution < 1.29 is 9.47 Å². The maximum absolute atomic E-state index is 5.83. The van der Waals surface area contributed by atoms with Crippen LogP contribution in [0.4, 0.5) is 0 Å². The minimum atomic E-state index is -0.538. The van der Waals surface area contributed by atoms with E-state index in [-0.39, 0.29) is 6.61 Å². The van der Waals surface area contributed by atoms with E-state index in [1.165, 1.54) is 0 Å². The molecule has 0 bridgehead atoms. The first-order valence-electron chi connectivity index (χ1n) is 6.38. The van der Waals surface area contributed by atoms with Crippen molar-refractivity contribution >= 4 is 11.3 Å². The highest BCUT2D eigenvalue weighted by Gasteiger charge is 2.35. The third-order valence-corrected chi connectivity index (χ3v) is 4.16. The maximum atomic E-state index is 5.83. The molecule has 0 saturated heterocycles. The van der Waals surface area contributed by atoms with E-state index >= 15 is 0 Å². The van der Waals surface area contributed by atoms with E-state index in [0.29, 0.717) is 0 Å². The van der Waals surface area contributed by atoms with Crippen molar-refractivity contribution in [2.24, 2.45) is 0 Å². The molecule has 1 heterocycles. The number of nitrogens with zero attached hydrogens (tertiary/aromatic N) is 1. The molecule has 1 aromatic carbocycles. The maximum Gasteiger partial charge on any atom is 0.148 e. The first kappa shape index (κ1) is 14.6. The van der Waals surface area contributed by atoms with Gasteiger partial charge >= 0.3 is 0 Å². The van der Waals surface area contributed by atoms with Crippen LogP contribution in [0.25, 0.3) is 0 Å². The highest BCUT2D eigenvalue weighted by molar-refractivity contribution is 7.09. The quantitative estimate of drug-likeness (QED) is 0.763. The average molecular weight is 287 g/mol. The molecule has 4 heteroatoms. The third kappa shape index (κ3) is 2.69. The van der Waals surface area contributed by atoms with E-state index in [1.807, 2.05) is 29.6 Å². The first-order chi connectivity index (χ1) is 9.76. The Morgan fingerprint density at radius 2 is 2.30 bits per heavy atom. The minimum Gasteiger partial charge on any atom is -0.481 e. The van der Waals surface area contributed by atoms with Crippen molar-refractivity contribution in [3.8, 4) is 18.1 Å². The molecule has 0 aliphatic rings. The monoisotopic (exact) mass is 287 g/mol.